The maximum Gasteiger partial charge on any atom is 0.306 e. The topological polar surface area (TPSA) is 135 Å². The number of carbonyl (C=O) groups excluding carboxylic acids is 1. The first-order valence-corrected chi connectivity index (χ1v) is 24.3. The molecule has 6 atom stereocenters. The highest BCUT2D eigenvalue weighted by Gasteiger charge is 2.44. The van der Waals surface area contributed by atoms with Crippen molar-refractivity contribution < 1.29 is 44.2 Å². The predicted molar refractivity (Wildman–Crippen MR) is 256 cm³/mol. The lowest BCUT2D eigenvalue weighted by molar-refractivity contribution is -0.305. The summed E-state index contributed by atoms with van der Waals surface area (Å²) in [7, 11) is 0. The number of carbonyl (C=O) groups is 1. The van der Waals surface area contributed by atoms with Crippen molar-refractivity contribution in [2.24, 2.45) is 0 Å². The van der Waals surface area contributed by atoms with Crippen molar-refractivity contribution in [3.8, 4) is 0 Å². The third kappa shape index (κ3) is 33.6. The molecule has 1 aliphatic rings. The first-order chi connectivity index (χ1) is 30.4. The van der Waals surface area contributed by atoms with E-state index in [1.165, 1.54) is 38.5 Å². The molecule has 0 amide bonds. The highest BCUT2D eigenvalue weighted by Crippen LogP contribution is 2.22. The van der Waals surface area contributed by atoms with Crippen LogP contribution in [0.1, 0.15) is 168 Å². The van der Waals surface area contributed by atoms with Gasteiger partial charge in [-0.15, -0.1) is 0 Å². The van der Waals surface area contributed by atoms with Gasteiger partial charge < -0.3 is 39.4 Å². The second-order valence-electron chi connectivity index (χ2n) is 16.1. The molecule has 9 heteroatoms. The van der Waals surface area contributed by atoms with E-state index in [1.807, 2.05) is 0 Å². The fourth-order valence-corrected chi connectivity index (χ4v) is 6.77. The fraction of sp³-hybridized carbons (Fsp3) is 0.679. The van der Waals surface area contributed by atoms with E-state index in [0.717, 1.165) is 109 Å². The maximum atomic E-state index is 12.8. The quantitative estimate of drug-likeness (QED) is 0.0270. The van der Waals surface area contributed by atoms with Crippen molar-refractivity contribution in [3.05, 3.63) is 97.2 Å². The summed E-state index contributed by atoms with van der Waals surface area (Å²) in [5, 5.41) is 40.2. The highest BCUT2D eigenvalue weighted by atomic mass is 16.7. The number of rotatable bonds is 40. The van der Waals surface area contributed by atoms with Crippen molar-refractivity contribution >= 4 is 5.97 Å². The van der Waals surface area contributed by atoms with Gasteiger partial charge in [-0.3, -0.25) is 4.79 Å². The van der Waals surface area contributed by atoms with Gasteiger partial charge in [0.1, 0.15) is 30.5 Å². The van der Waals surface area contributed by atoms with Gasteiger partial charge in [-0.05, 0) is 89.9 Å². The van der Waals surface area contributed by atoms with Crippen molar-refractivity contribution in [1.82, 2.24) is 0 Å². The van der Waals surface area contributed by atoms with E-state index in [0.29, 0.717) is 13.0 Å². The lowest BCUT2D eigenvalue weighted by Gasteiger charge is -2.39. The Kier molecular flexibility index (Phi) is 40.0. The molecule has 4 N–H and O–H groups in total. The number of hydrogen-bond acceptors (Lipinski definition) is 9. The SMILES string of the molecule is CC/C=C\C/C=C\C/C=C\C/C=C\C/C=C\CCCCCCCCCCCC(=O)OC(COCCCCCC/C=C\C/C=C\C/C=C\CC)COC1OC(CO)C(O)C(O)C1O. The van der Waals surface area contributed by atoms with E-state index < -0.39 is 43.4 Å². The summed E-state index contributed by atoms with van der Waals surface area (Å²) in [4.78, 5) is 12.8. The van der Waals surface area contributed by atoms with Gasteiger partial charge in [-0.2, -0.15) is 0 Å². The molecule has 0 aromatic rings. The van der Waals surface area contributed by atoms with Gasteiger partial charge in [0.15, 0.2) is 6.29 Å². The number of aliphatic hydroxyl groups excluding tert-OH is 4. The van der Waals surface area contributed by atoms with Gasteiger partial charge in [0.2, 0.25) is 0 Å². The van der Waals surface area contributed by atoms with Crippen molar-refractivity contribution in [2.45, 2.75) is 205 Å². The first kappa shape index (κ1) is 57.1. The molecule has 354 valence electrons. The summed E-state index contributed by atoms with van der Waals surface area (Å²) in [6.07, 6.45) is 52.9. The predicted octanol–water partition coefficient (Wildman–Crippen LogP) is 11.6. The first-order valence-electron chi connectivity index (χ1n) is 24.3. The standard InChI is InChI=1S/C53H88O9/c1-3-5-7-9-11-13-15-17-19-20-21-22-23-24-25-26-27-28-29-30-32-34-36-38-40-42-49(55)61-47(46-60-53-52(58)51(57)50(56)48(44-54)62-53)45-59-43-41-39-37-35-33-31-18-16-14-12-10-8-6-4-2/h5-8,11-14,17-19,21-22,24-25,31,47-48,50-54,56-58H,3-4,9-10,15-16,20,23,26-30,32-46H2,1-2H3/b7-5-,8-6-,13-11-,14-12-,19-17-,22-21-,25-24-,31-18-. The van der Waals surface area contributed by atoms with Crippen LogP contribution >= 0.6 is 0 Å². The van der Waals surface area contributed by atoms with E-state index in [2.05, 4.69) is 111 Å². The average molecular weight is 869 g/mol. The van der Waals surface area contributed by atoms with Gasteiger partial charge in [0.05, 0.1) is 19.8 Å². The molecule has 1 fully saturated rings. The minimum atomic E-state index is -1.55. The van der Waals surface area contributed by atoms with E-state index in [4.69, 9.17) is 18.9 Å². The molecular weight excluding hydrogens is 781 g/mol. The Morgan fingerprint density at radius 1 is 0.516 bits per heavy atom. The normalized spacial score (nSPS) is 20.6. The molecule has 0 aromatic carbocycles. The summed E-state index contributed by atoms with van der Waals surface area (Å²) >= 11 is 0. The molecule has 0 aliphatic carbocycles. The van der Waals surface area contributed by atoms with Crippen LogP contribution in [0.3, 0.4) is 0 Å². The molecule has 1 heterocycles. The molecule has 1 saturated heterocycles. The third-order valence-electron chi connectivity index (χ3n) is 10.5. The number of hydrogen-bond donors (Lipinski definition) is 4. The summed E-state index contributed by atoms with van der Waals surface area (Å²) < 4.78 is 22.8. The van der Waals surface area contributed by atoms with Crippen LogP contribution in [0.4, 0.5) is 0 Å². The van der Waals surface area contributed by atoms with E-state index in [9.17, 15) is 25.2 Å². The summed E-state index contributed by atoms with van der Waals surface area (Å²) in [5.41, 5.74) is 0. The lowest BCUT2D eigenvalue weighted by Crippen LogP contribution is -2.59. The van der Waals surface area contributed by atoms with E-state index in [1.54, 1.807) is 0 Å². The summed E-state index contributed by atoms with van der Waals surface area (Å²) in [6.45, 7) is 4.25. The van der Waals surface area contributed by atoms with Gasteiger partial charge in [0.25, 0.3) is 0 Å². The smallest absolute Gasteiger partial charge is 0.306 e. The molecule has 6 unspecified atom stereocenters. The maximum absolute atomic E-state index is 12.8. The largest absolute Gasteiger partial charge is 0.457 e. The summed E-state index contributed by atoms with van der Waals surface area (Å²) in [6, 6.07) is 0. The number of allylic oxidation sites excluding steroid dienone is 16. The van der Waals surface area contributed by atoms with Crippen LogP contribution < -0.4 is 0 Å². The highest BCUT2D eigenvalue weighted by molar-refractivity contribution is 5.69. The van der Waals surface area contributed by atoms with Crippen LogP contribution in [-0.2, 0) is 23.7 Å². The zero-order valence-electron chi connectivity index (χ0n) is 38.8. The van der Waals surface area contributed by atoms with Crippen molar-refractivity contribution in [1.29, 1.82) is 0 Å². The number of esters is 1. The lowest BCUT2D eigenvalue weighted by atomic mass is 9.99. The average Bonchev–Trinajstić information content (AvgIpc) is 3.27. The van der Waals surface area contributed by atoms with Crippen LogP contribution in [-0.4, -0.2) is 89.6 Å². The minimum absolute atomic E-state index is 0.121. The Morgan fingerprint density at radius 2 is 0.935 bits per heavy atom. The molecule has 0 saturated carbocycles. The number of aliphatic hydroxyl groups is 4. The van der Waals surface area contributed by atoms with Crippen LogP contribution in [0, 0.1) is 0 Å². The number of ether oxygens (including phenoxy) is 4. The van der Waals surface area contributed by atoms with E-state index >= 15 is 0 Å². The summed E-state index contributed by atoms with van der Waals surface area (Å²) in [5.74, 6) is -0.333. The Bertz CT molecular complexity index is 1260. The van der Waals surface area contributed by atoms with Gasteiger partial charge in [-0.1, -0.05) is 169 Å². The molecule has 0 radical (unpaired) electrons. The number of unbranched alkanes of at least 4 members (excludes halogenated alkanes) is 13. The van der Waals surface area contributed by atoms with Crippen LogP contribution in [0.5, 0.6) is 0 Å². The monoisotopic (exact) mass is 869 g/mol. The van der Waals surface area contributed by atoms with Gasteiger partial charge in [-0.25, -0.2) is 0 Å². The third-order valence-corrected chi connectivity index (χ3v) is 10.5. The zero-order valence-corrected chi connectivity index (χ0v) is 38.8. The van der Waals surface area contributed by atoms with Crippen LogP contribution in [0.25, 0.3) is 0 Å². The second kappa shape index (κ2) is 43.4. The van der Waals surface area contributed by atoms with Gasteiger partial charge in [0, 0.05) is 13.0 Å². The zero-order chi connectivity index (χ0) is 45.0. The van der Waals surface area contributed by atoms with Crippen LogP contribution in [0.2, 0.25) is 0 Å². The van der Waals surface area contributed by atoms with Crippen molar-refractivity contribution in [2.75, 3.05) is 26.4 Å². The Morgan fingerprint density at radius 3 is 1.40 bits per heavy atom. The molecule has 1 rings (SSSR count). The molecule has 9 nitrogen and oxygen atoms in total. The molecule has 0 spiro atoms. The molecule has 1 aliphatic heterocycles. The molecule has 0 aromatic heterocycles. The Hall–Kier alpha value is -2.89. The fourth-order valence-electron chi connectivity index (χ4n) is 6.77. The van der Waals surface area contributed by atoms with Gasteiger partial charge >= 0.3 is 5.97 Å². The second-order valence-corrected chi connectivity index (χ2v) is 16.1. The van der Waals surface area contributed by atoms with Crippen LogP contribution in [0.15, 0.2) is 97.2 Å². The molecular formula is C53H88O9. The Balaban J connectivity index is 2.23. The molecule has 0 bridgehead atoms. The Labute approximate surface area is 377 Å². The molecule has 62 heavy (non-hydrogen) atoms. The minimum Gasteiger partial charge on any atom is -0.457 e. The van der Waals surface area contributed by atoms with E-state index in [-0.39, 0.29) is 19.2 Å². The van der Waals surface area contributed by atoms with Crippen molar-refractivity contribution in [3.63, 3.8) is 0 Å².